The van der Waals surface area contributed by atoms with Crippen LogP contribution in [0.5, 0.6) is 0 Å². The molecule has 0 unspecified atom stereocenters. The van der Waals surface area contributed by atoms with Gasteiger partial charge in [0, 0.05) is 0 Å². The highest BCUT2D eigenvalue weighted by Gasteiger charge is 2.17. The number of hydrogen-bond acceptors (Lipinski definition) is 0. The Labute approximate surface area is 96.2 Å². The predicted octanol–water partition coefficient (Wildman–Crippen LogP) is 4.97. The molecule has 0 radical (unpaired) electrons. The van der Waals surface area contributed by atoms with Gasteiger partial charge in [-0.3, -0.25) is 0 Å². The molecule has 0 spiro atoms. The summed E-state index contributed by atoms with van der Waals surface area (Å²) in [4.78, 5) is 0. The lowest BCUT2D eigenvalue weighted by Gasteiger charge is -2.23. The lowest BCUT2D eigenvalue weighted by Crippen LogP contribution is -2.13. The van der Waals surface area contributed by atoms with Gasteiger partial charge in [-0.05, 0) is 23.5 Å². The molecule has 0 fully saturated rings. The van der Waals surface area contributed by atoms with Crippen LogP contribution in [0, 0.1) is 5.41 Å². The molecule has 0 N–H and O–H groups in total. The van der Waals surface area contributed by atoms with Gasteiger partial charge in [0.15, 0.2) is 0 Å². The zero-order valence-electron chi connectivity index (χ0n) is 8.90. The molecule has 1 rings (SSSR count). The summed E-state index contributed by atoms with van der Waals surface area (Å²) in [5.41, 5.74) is 1.43. The highest BCUT2D eigenvalue weighted by Crippen LogP contribution is 2.32. The molecular weight excluding hydrogens is 215 g/mol. The lowest BCUT2D eigenvalue weighted by atomic mass is 9.83. The van der Waals surface area contributed by atoms with Crippen LogP contribution in [0.1, 0.15) is 32.8 Å². The topological polar surface area (TPSA) is 0 Å². The summed E-state index contributed by atoms with van der Waals surface area (Å²) < 4.78 is 0. The molecule has 0 aliphatic rings. The van der Waals surface area contributed by atoms with Gasteiger partial charge in [0.25, 0.3) is 0 Å². The van der Waals surface area contributed by atoms with Gasteiger partial charge in [-0.15, -0.1) is 0 Å². The third kappa shape index (κ3) is 2.90. The van der Waals surface area contributed by atoms with Gasteiger partial charge in [-0.25, -0.2) is 0 Å². The summed E-state index contributed by atoms with van der Waals surface area (Å²) in [6.07, 6.45) is 2.11. The number of hydrogen-bond donors (Lipinski definition) is 0. The number of rotatable bonds is 3. The molecule has 2 heteroatoms. The van der Waals surface area contributed by atoms with Crippen LogP contribution in [0.3, 0.4) is 0 Å². The SMILES string of the molecule is CCC(C)(C)Cc1cccc(Cl)c1Cl. The molecule has 1 aromatic carbocycles. The first kappa shape index (κ1) is 11.9. The van der Waals surface area contributed by atoms with Crippen molar-refractivity contribution in [2.24, 2.45) is 5.41 Å². The van der Waals surface area contributed by atoms with E-state index in [1.54, 1.807) is 0 Å². The summed E-state index contributed by atoms with van der Waals surface area (Å²) >= 11 is 12.1. The van der Waals surface area contributed by atoms with Gasteiger partial charge < -0.3 is 0 Å². The van der Waals surface area contributed by atoms with E-state index in [9.17, 15) is 0 Å². The predicted molar refractivity (Wildman–Crippen MR) is 64.2 cm³/mol. The standard InChI is InChI=1S/C12H16Cl2/c1-4-12(2,3)8-9-6-5-7-10(13)11(9)14/h5-7H,4,8H2,1-3H3. The van der Waals surface area contributed by atoms with E-state index in [1.807, 2.05) is 18.2 Å². The number of halogens is 2. The van der Waals surface area contributed by atoms with E-state index in [0.717, 1.165) is 18.4 Å². The first-order valence-electron chi connectivity index (χ1n) is 4.89. The van der Waals surface area contributed by atoms with Gasteiger partial charge >= 0.3 is 0 Å². The maximum atomic E-state index is 6.12. The molecule has 0 heterocycles. The molecule has 0 amide bonds. The van der Waals surface area contributed by atoms with Crippen molar-refractivity contribution < 1.29 is 0 Å². The van der Waals surface area contributed by atoms with E-state index >= 15 is 0 Å². The van der Waals surface area contributed by atoms with Crippen molar-refractivity contribution in [3.8, 4) is 0 Å². The van der Waals surface area contributed by atoms with Crippen LogP contribution in [0.2, 0.25) is 10.0 Å². The highest BCUT2D eigenvalue weighted by atomic mass is 35.5. The van der Waals surface area contributed by atoms with Crippen molar-refractivity contribution >= 4 is 23.2 Å². The van der Waals surface area contributed by atoms with E-state index in [1.165, 1.54) is 0 Å². The average Bonchev–Trinajstić information content (AvgIpc) is 2.13. The summed E-state index contributed by atoms with van der Waals surface area (Å²) in [5.74, 6) is 0. The number of benzene rings is 1. The Morgan fingerprint density at radius 3 is 2.43 bits per heavy atom. The normalized spacial score (nSPS) is 11.8. The summed E-state index contributed by atoms with van der Waals surface area (Å²) in [7, 11) is 0. The van der Waals surface area contributed by atoms with Crippen LogP contribution < -0.4 is 0 Å². The largest absolute Gasteiger partial charge is 0.0827 e. The quantitative estimate of drug-likeness (QED) is 0.688. The van der Waals surface area contributed by atoms with Crippen molar-refractivity contribution in [1.82, 2.24) is 0 Å². The molecule has 1 aromatic rings. The van der Waals surface area contributed by atoms with E-state index < -0.39 is 0 Å². The second kappa shape index (κ2) is 4.55. The molecule has 14 heavy (non-hydrogen) atoms. The van der Waals surface area contributed by atoms with Crippen molar-refractivity contribution in [3.05, 3.63) is 33.8 Å². The molecule has 0 aromatic heterocycles. The highest BCUT2D eigenvalue weighted by molar-refractivity contribution is 6.42. The van der Waals surface area contributed by atoms with Crippen LogP contribution in [0.15, 0.2) is 18.2 Å². The zero-order chi connectivity index (χ0) is 10.8. The van der Waals surface area contributed by atoms with Gasteiger partial charge in [0.1, 0.15) is 0 Å². The Morgan fingerprint density at radius 2 is 1.86 bits per heavy atom. The van der Waals surface area contributed by atoms with E-state index in [0.29, 0.717) is 10.0 Å². The third-order valence-electron chi connectivity index (χ3n) is 2.66. The van der Waals surface area contributed by atoms with Crippen LogP contribution in [-0.2, 0) is 6.42 Å². The Hall–Kier alpha value is -0.200. The minimum absolute atomic E-state index is 0.286. The molecule has 0 nitrogen and oxygen atoms in total. The fourth-order valence-electron chi connectivity index (χ4n) is 1.33. The molecule has 78 valence electrons. The third-order valence-corrected chi connectivity index (χ3v) is 3.52. The van der Waals surface area contributed by atoms with E-state index in [4.69, 9.17) is 23.2 Å². The van der Waals surface area contributed by atoms with Crippen LogP contribution >= 0.6 is 23.2 Å². The fourth-order valence-corrected chi connectivity index (χ4v) is 1.71. The van der Waals surface area contributed by atoms with Crippen molar-refractivity contribution in [2.75, 3.05) is 0 Å². The molecule has 0 aliphatic heterocycles. The lowest BCUT2D eigenvalue weighted by molar-refractivity contribution is 0.349. The molecule has 0 saturated carbocycles. The molecular formula is C12H16Cl2. The van der Waals surface area contributed by atoms with Crippen molar-refractivity contribution in [3.63, 3.8) is 0 Å². The van der Waals surface area contributed by atoms with Crippen LogP contribution in [-0.4, -0.2) is 0 Å². The second-order valence-electron chi connectivity index (χ2n) is 4.41. The monoisotopic (exact) mass is 230 g/mol. The first-order valence-corrected chi connectivity index (χ1v) is 5.65. The Morgan fingerprint density at radius 1 is 1.21 bits per heavy atom. The first-order chi connectivity index (χ1) is 6.46. The minimum atomic E-state index is 0.286. The maximum absolute atomic E-state index is 6.12. The molecule has 0 bridgehead atoms. The van der Waals surface area contributed by atoms with Gasteiger partial charge in [0.05, 0.1) is 10.0 Å². The molecule has 0 atom stereocenters. The fraction of sp³-hybridized carbons (Fsp3) is 0.500. The molecule has 0 saturated heterocycles. The van der Waals surface area contributed by atoms with Crippen LogP contribution in [0.25, 0.3) is 0 Å². The Kier molecular flexibility index (Phi) is 3.86. The Bertz CT molecular complexity index is 316. The zero-order valence-corrected chi connectivity index (χ0v) is 10.4. The summed E-state index contributed by atoms with van der Waals surface area (Å²) in [6.45, 7) is 6.67. The molecule has 0 aliphatic carbocycles. The Balaban J connectivity index is 2.92. The summed E-state index contributed by atoms with van der Waals surface area (Å²) in [6, 6.07) is 5.83. The van der Waals surface area contributed by atoms with Gasteiger partial charge in [-0.1, -0.05) is 62.5 Å². The van der Waals surface area contributed by atoms with E-state index in [-0.39, 0.29) is 5.41 Å². The van der Waals surface area contributed by atoms with Crippen molar-refractivity contribution in [1.29, 1.82) is 0 Å². The maximum Gasteiger partial charge on any atom is 0.0624 e. The van der Waals surface area contributed by atoms with Gasteiger partial charge in [-0.2, -0.15) is 0 Å². The van der Waals surface area contributed by atoms with E-state index in [2.05, 4.69) is 20.8 Å². The van der Waals surface area contributed by atoms with Gasteiger partial charge in [0.2, 0.25) is 0 Å². The van der Waals surface area contributed by atoms with Crippen molar-refractivity contribution in [2.45, 2.75) is 33.6 Å². The van der Waals surface area contributed by atoms with Crippen LogP contribution in [0.4, 0.5) is 0 Å². The average molecular weight is 231 g/mol. The summed E-state index contributed by atoms with van der Waals surface area (Å²) in [5, 5.41) is 1.35. The second-order valence-corrected chi connectivity index (χ2v) is 5.19. The minimum Gasteiger partial charge on any atom is -0.0827 e. The smallest absolute Gasteiger partial charge is 0.0624 e.